The number of rotatable bonds is 11. The minimum Gasteiger partial charge on any atom is -0.455 e. The van der Waals surface area contributed by atoms with Gasteiger partial charge in [0.15, 0.2) is 11.3 Å². The van der Waals surface area contributed by atoms with Crippen LogP contribution in [0.1, 0.15) is 55.5 Å². The smallest absolute Gasteiger partial charge is 0.287 e. The minimum absolute atomic E-state index is 0.110. The van der Waals surface area contributed by atoms with Gasteiger partial charge < -0.3 is 19.1 Å². The molecule has 0 saturated heterocycles. The van der Waals surface area contributed by atoms with E-state index in [-0.39, 0.29) is 11.9 Å². The predicted molar refractivity (Wildman–Crippen MR) is 121 cm³/mol. The van der Waals surface area contributed by atoms with E-state index in [2.05, 4.69) is 29.0 Å². The predicted octanol–water partition coefficient (Wildman–Crippen LogP) is 5.26. The molecule has 0 saturated carbocycles. The Balaban J connectivity index is 1.47. The largest absolute Gasteiger partial charge is 0.455 e. The lowest BCUT2D eigenvalue weighted by Gasteiger charge is -2.19. The highest BCUT2D eigenvalue weighted by Crippen LogP contribution is 2.27. The average Bonchev–Trinajstić information content (AvgIpc) is 3.36. The third-order valence-corrected chi connectivity index (χ3v) is 5.98. The Morgan fingerprint density at radius 1 is 1.20 bits per heavy atom. The number of oxazole rings is 1. The highest BCUT2D eigenvalue weighted by Gasteiger charge is 2.15. The number of fused-ring (bicyclic) bond motifs is 1. The van der Waals surface area contributed by atoms with Crippen LogP contribution in [-0.2, 0) is 5.75 Å². The van der Waals surface area contributed by atoms with E-state index in [0.29, 0.717) is 16.7 Å². The SMILES string of the molecule is CCN(CC)CCCC(C)NC(=O)c1ccc(CSc2nc3cc(C)ccc3o2)o1. The van der Waals surface area contributed by atoms with Crippen molar-refractivity contribution in [2.45, 2.75) is 57.6 Å². The van der Waals surface area contributed by atoms with E-state index in [9.17, 15) is 4.79 Å². The van der Waals surface area contributed by atoms with Crippen LogP contribution in [-0.4, -0.2) is 41.5 Å². The first kappa shape index (κ1) is 22.4. The monoisotopic (exact) mass is 429 g/mol. The van der Waals surface area contributed by atoms with Gasteiger partial charge in [-0.3, -0.25) is 4.79 Å². The molecule has 0 spiro atoms. The molecule has 1 unspecified atom stereocenters. The summed E-state index contributed by atoms with van der Waals surface area (Å²) in [6.45, 7) is 11.6. The lowest BCUT2D eigenvalue weighted by molar-refractivity contribution is 0.0908. The molecule has 1 atom stereocenters. The number of carbonyl (C=O) groups excluding carboxylic acids is 1. The molecule has 3 aromatic rings. The number of aromatic nitrogens is 1. The number of benzene rings is 1. The molecule has 0 aliphatic carbocycles. The molecule has 1 amide bonds. The third-order valence-electron chi connectivity index (χ3n) is 5.13. The van der Waals surface area contributed by atoms with Crippen molar-refractivity contribution in [3.8, 4) is 0 Å². The maximum absolute atomic E-state index is 12.4. The highest BCUT2D eigenvalue weighted by atomic mass is 32.2. The second kappa shape index (κ2) is 10.7. The van der Waals surface area contributed by atoms with Crippen molar-refractivity contribution in [1.29, 1.82) is 0 Å². The fraction of sp³-hybridized carbons (Fsp3) is 0.478. The van der Waals surface area contributed by atoms with Crippen LogP contribution in [0.3, 0.4) is 0 Å². The van der Waals surface area contributed by atoms with E-state index < -0.39 is 0 Å². The molecule has 7 heteroatoms. The summed E-state index contributed by atoms with van der Waals surface area (Å²) in [6, 6.07) is 9.61. The van der Waals surface area contributed by atoms with Gasteiger partial charge in [0.25, 0.3) is 11.1 Å². The van der Waals surface area contributed by atoms with Crippen LogP contribution >= 0.6 is 11.8 Å². The standard InChI is InChI=1S/C23H31N3O3S/c1-5-26(6-2)13-7-8-17(4)24-22(27)21-12-10-18(28-21)15-30-23-25-19-14-16(3)9-11-20(19)29-23/h9-12,14,17H,5-8,13,15H2,1-4H3,(H,24,27). The van der Waals surface area contributed by atoms with E-state index >= 15 is 0 Å². The number of nitrogens with one attached hydrogen (secondary N) is 1. The second-order valence-electron chi connectivity index (χ2n) is 7.55. The number of thioether (sulfide) groups is 1. The lowest BCUT2D eigenvalue weighted by Crippen LogP contribution is -2.33. The maximum Gasteiger partial charge on any atom is 0.287 e. The molecule has 1 N–H and O–H groups in total. The van der Waals surface area contributed by atoms with Gasteiger partial charge in [-0.15, -0.1) is 0 Å². The van der Waals surface area contributed by atoms with Crippen molar-refractivity contribution in [3.63, 3.8) is 0 Å². The topological polar surface area (TPSA) is 71.5 Å². The van der Waals surface area contributed by atoms with Crippen molar-refractivity contribution >= 4 is 28.8 Å². The molecule has 1 aromatic carbocycles. The summed E-state index contributed by atoms with van der Waals surface area (Å²) in [7, 11) is 0. The summed E-state index contributed by atoms with van der Waals surface area (Å²) in [6.07, 6.45) is 2.01. The summed E-state index contributed by atoms with van der Waals surface area (Å²) in [5.41, 5.74) is 2.78. The first-order valence-corrected chi connectivity index (χ1v) is 11.6. The zero-order valence-electron chi connectivity index (χ0n) is 18.2. The van der Waals surface area contributed by atoms with Gasteiger partial charge in [-0.25, -0.2) is 4.98 Å². The summed E-state index contributed by atoms with van der Waals surface area (Å²) in [5.74, 6) is 1.45. The molecule has 3 rings (SSSR count). The quantitative estimate of drug-likeness (QED) is 0.419. The van der Waals surface area contributed by atoms with Crippen LogP contribution in [0.5, 0.6) is 0 Å². The number of hydrogen-bond donors (Lipinski definition) is 1. The lowest BCUT2D eigenvalue weighted by atomic mass is 10.1. The van der Waals surface area contributed by atoms with Gasteiger partial charge >= 0.3 is 0 Å². The van der Waals surface area contributed by atoms with Gasteiger partial charge in [-0.05, 0) is 76.2 Å². The molecule has 2 aromatic heterocycles. The fourth-order valence-corrected chi connectivity index (χ4v) is 4.05. The maximum atomic E-state index is 12.4. The molecule has 30 heavy (non-hydrogen) atoms. The second-order valence-corrected chi connectivity index (χ2v) is 8.48. The Kier molecular flexibility index (Phi) is 7.99. The van der Waals surface area contributed by atoms with Gasteiger partial charge in [0.1, 0.15) is 11.3 Å². The highest BCUT2D eigenvalue weighted by molar-refractivity contribution is 7.98. The van der Waals surface area contributed by atoms with E-state index in [0.717, 1.165) is 54.9 Å². The Morgan fingerprint density at radius 3 is 2.77 bits per heavy atom. The molecular formula is C23H31N3O3S. The van der Waals surface area contributed by atoms with Crippen LogP contribution < -0.4 is 5.32 Å². The fourth-order valence-electron chi connectivity index (χ4n) is 3.32. The number of amides is 1. The third kappa shape index (κ3) is 6.12. The van der Waals surface area contributed by atoms with E-state index in [1.54, 1.807) is 6.07 Å². The van der Waals surface area contributed by atoms with E-state index in [1.807, 2.05) is 38.1 Å². The number of hydrogen-bond acceptors (Lipinski definition) is 6. The Labute approximate surface area is 182 Å². The normalized spacial score (nSPS) is 12.6. The first-order chi connectivity index (χ1) is 14.5. The molecule has 0 aliphatic heterocycles. The minimum atomic E-state index is -0.168. The van der Waals surface area contributed by atoms with Crippen molar-refractivity contribution in [2.24, 2.45) is 0 Å². The number of carbonyl (C=O) groups is 1. The molecule has 6 nitrogen and oxygen atoms in total. The zero-order chi connectivity index (χ0) is 21.5. The molecule has 2 heterocycles. The summed E-state index contributed by atoms with van der Waals surface area (Å²) in [5, 5.41) is 3.62. The van der Waals surface area contributed by atoms with Crippen LogP contribution in [0, 0.1) is 6.92 Å². The molecule has 0 radical (unpaired) electrons. The molecule has 0 bridgehead atoms. The number of aryl methyl sites for hydroxylation is 1. The Bertz CT molecular complexity index is 962. The number of furan rings is 1. The summed E-state index contributed by atoms with van der Waals surface area (Å²) in [4.78, 5) is 19.3. The van der Waals surface area contributed by atoms with Crippen molar-refractivity contribution in [2.75, 3.05) is 19.6 Å². The molecular weight excluding hydrogens is 398 g/mol. The van der Waals surface area contributed by atoms with Gasteiger partial charge in [-0.1, -0.05) is 31.7 Å². The van der Waals surface area contributed by atoms with Crippen LogP contribution in [0.4, 0.5) is 0 Å². The van der Waals surface area contributed by atoms with Gasteiger partial charge in [-0.2, -0.15) is 0 Å². The van der Waals surface area contributed by atoms with E-state index in [1.165, 1.54) is 11.8 Å². The molecule has 0 fully saturated rings. The Hall–Kier alpha value is -2.25. The summed E-state index contributed by atoms with van der Waals surface area (Å²) >= 11 is 1.45. The van der Waals surface area contributed by atoms with Crippen LogP contribution in [0.15, 0.2) is 44.4 Å². The van der Waals surface area contributed by atoms with Gasteiger partial charge in [0, 0.05) is 6.04 Å². The van der Waals surface area contributed by atoms with Crippen LogP contribution in [0.2, 0.25) is 0 Å². The molecule has 162 valence electrons. The van der Waals surface area contributed by atoms with Gasteiger partial charge in [0.05, 0.1) is 5.75 Å². The van der Waals surface area contributed by atoms with Gasteiger partial charge in [0.2, 0.25) is 0 Å². The first-order valence-electron chi connectivity index (χ1n) is 10.6. The van der Waals surface area contributed by atoms with Crippen molar-refractivity contribution in [1.82, 2.24) is 15.2 Å². The van der Waals surface area contributed by atoms with E-state index in [4.69, 9.17) is 8.83 Å². The average molecular weight is 430 g/mol. The van der Waals surface area contributed by atoms with Crippen molar-refractivity contribution in [3.05, 3.63) is 47.4 Å². The van der Waals surface area contributed by atoms with Crippen molar-refractivity contribution < 1.29 is 13.6 Å². The zero-order valence-corrected chi connectivity index (χ0v) is 19.1. The van der Waals surface area contributed by atoms with Crippen LogP contribution in [0.25, 0.3) is 11.1 Å². The summed E-state index contributed by atoms with van der Waals surface area (Å²) < 4.78 is 11.5. The Morgan fingerprint density at radius 2 is 2.00 bits per heavy atom. The molecule has 0 aliphatic rings. The number of nitrogens with zero attached hydrogens (tertiary/aromatic N) is 2.